The number of para-hydroxylation sites is 1. The van der Waals surface area contributed by atoms with E-state index in [1.807, 2.05) is 32.9 Å². The van der Waals surface area contributed by atoms with Crippen molar-refractivity contribution in [1.82, 2.24) is 10.2 Å². The van der Waals surface area contributed by atoms with E-state index < -0.39 is 29.1 Å². The first-order chi connectivity index (χ1) is 17.3. The van der Waals surface area contributed by atoms with Crippen molar-refractivity contribution in [2.45, 2.75) is 83.0 Å². The molecule has 3 amide bonds. The lowest BCUT2D eigenvalue weighted by Crippen LogP contribution is -2.53. The summed E-state index contributed by atoms with van der Waals surface area (Å²) in [5.74, 6) is -2.03. The number of ether oxygens (including phenoxy) is 1. The molecule has 36 heavy (non-hydrogen) atoms. The van der Waals surface area contributed by atoms with Gasteiger partial charge in [-0.25, -0.2) is 0 Å². The van der Waals surface area contributed by atoms with Crippen LogP contribution in [0.4, 0.5) is 5.69 Å². The summed E-state index contributed by atoms with van der Waals surface area (Å²) < 4.78 is 6.74. The van der Waals surface area contributed by atoms with Gasteiger partial charge in [0, 0.05) is 19.7 Å². The van der Waals surface area contributed by atoms with Crippen LogP contribution in [0.15, 0.2) is 18.2 Å². The number of hydrogen-bond acceptors (Lipinski definition) is 5. The molecule has 3 saturated heterocycles. The van der Waals surface area contributed by atoms with Crippen molar-refractivity contribution < 1.29 is 24.2 Å². The number of rotatable bonds is 11. The number of anilines is 1. The predicted octanol–water partition coefficient (Wildman–Crippen LogP) is 3.43. The Morgan fingerprint density at radius 3 is 2.64 bits per heavy atom. The quantitative estimate of drug-likeness (QED) is 0.388. The molecule has 198 valence electrons. The van der Waals surface area contributed by atoms with Gasteiger partial charge in [-0.3, -0.25) is 14.4 Å². The molecule has 3 N–H and O–H groups in total. The summed E-state index contributed by atoms with van der Waals surface area (Å²) >= 11 is 6.41. The van der Waals surface area contributed by atoms with Crippen molar-refractivity contribution in [2.24, 2.45) is 11.8 Å². The summed E-state index contributed by atoms with van der Waals surface area (Å²) in [6.07, 6.45) is 4.57. The van der Waals surface area contributed by atoms with Crippen LogP contribution in [0.5, 0.6) is 0 Å². The number of amides is 3. The van der Waals surface area contributed by atoms with Crippen LogP contribution in [0.25, 0.3) is 0 Å². The van der Waals surface area contributed by atoms with Gasteiger partial charge in [0.1, 0.15) is 11.6 Å². The Morgan fingerprint density at radius 1 is 1.19 bits per heavy atom. The van der Waals surface area contributed by atoms with Gasteiger partial charge < -0.3 is 25.4 Å². The highest BCUT2D eigenvalue weighted by molar-refractivity contribution is 6.34. The summed E-state index contributed by atoms with van der Waals surface area (Å²) in [6, 6.07) is 4.54. The Hall–Kier alpha value is -2.16. The number of aliphatic hydroxyl groups excluding tert-OH is 1. The SMILES string of the molecule is CCCNC(=O)[C@H]1[C@H]2C(=O)N(CCCCCO)C(C(=O)Nc3c(C)cccc3Cl)C23CC[C@]1(CC)O3. The standard InChI is InChI=1S/C27H38ClN3O5/c1-4-14-29-23(33)19-20-25(35)31(15-7-6-8-16-32)22(27(20)13-12-26(19,5-2)36-27)24(34)30-21-17(3)10-9-11-18(21)28/h9-11,19-20,22,32H,4-8,12-16H2,1-3H3,(H,29,33)(H,30,34)/t19-,20+,22?,26+,27?/m1/s1. The smallest absolute Gasteiger partial charge is 0.250 e. The van der Waals surface area contributed by atoms with Crippen LogP contribution >= 0.6 is 11.6 Å². The molecule has 1 aromatic rings. The molecule has 3 aliphatic rings. The molecule has 2 bridgehead atoms. The molecule has 4 rings (SSSR count). The molecule has 0 saturated carbocycles. The maximum absolute atomic E-state index is 14.0. The van der Waals surface area contributed by atoms with Crippen molar-refractivity contribution in [3.63, 3.8) is 0 Å². The number of halogens is 1. The predicted molar refractivity (Wildman–Crippen MR) is 138 cm³/mol. The number of nitrogens with zero attached hydrogens (tertiary/aromatic N) is 1. The van der Waals surface area contributed by atoms with Crippen molar-refractivity contribution >= 4 is 35.0 Å². The number of carbonyl (C=O) groups excluding carboxylic acids is 3. The van der Waals surface area contributed by atoms with Crippen LogP contribution < -0.4 is 10.6 Å². The average Bonchev–Trinajstić information content (AvgIpc) is 3.46. The van der Waals surface area contributed by atoms with Gasteiger partial charge in [-0.15, -0.1) is 0 Å². The lowest BCUT2D eigenvalue weighted by Gasteiger charge is -2.34. The molecule has 9 heteroatoms. The number of unbranched alkanes of at least 4 members (excludes halogenated alkanes) is 2. The number of carbonyl (C=O) groups is 3. The lowest BCUT2D eigenvalue weighted by molar-refractivity contribution is -0.146. The highest BCUT2D eigenvalue weighted by Crippen LogP contribution is 2.64. The Morgan fingerprint density at radius 2 is 1.97 bits per heavy atom. The number of fused-ring (bicyclic) bond motifs is 1. The zero-order chi connectivity index (χ0) is 26.1. The van der Waals surface area contributed by atoms with E-state index >= 15 is 0 Å². The number of benzene rings is 1. The normalized spacial score (nSPS) is 30.5. The Bertz CT molecular complexity index is 999. The van der Waals surface area contributed by atoms with E-state index in [1.165, 1.54) is 0 Å². The fraction of sp³-hybridized carbons (Fsp3) is 0.667. The number of likely N-dealkylation sites (tertiary alicyclic amines) is 1. The van der Waals surface area contributed by atoms with E-state index in [2.05, 4.69) is 10.6 Å². The minimum absolute atomic E-state index is 0.0814. The van der Waals surface area contributed by atoms with Gasteiger partial charge in [0.25, 0.3) is 0 Å². The molecular formula is C27H38ClN3O5. The van der Waals surface area contributed by atoms with Crippen LogP contribution in [0, 0.1) is 18.8 Å². The summed E-state index contributed by atoms with van der Waals surface area (Å²) in [5.41, 5.74) is -0.466. The second-order valence-corrected chi connectivity index (χ2v) is 10.8. The minimum atomic E-state index is -1.06. The van der Waals surface area contributed by atoms with E-state index in [1.54, 1.807) is 11.0 Å². The molecule has 8 nitrogen and oxygen atoms in total. The number of nitrogens with one attached hydrogen (secondary N) is 2. The zero-order valence-electron chi connectivity index (χ0n) is 21.4. The second-order valence-electron chi connectivity index (χ2n) is 10.4. The van der Waals surface area contributed by atoms with Gasteiger partial charge in [0.15, 0.2) is 0 Å². The molecule has 0 radical (unpaired) electrons. The van der Waals surface area contributed by atoms with Gasteiger partial charge in [-0.05, 0) is 63.5 Å². The van der Waals surface area contributed by atoms with Crippen LogP contribution in [-0.4, -0.2) is 64.7 Å². The highest BCUT2D eigenvalue weighted by Gasteiger charge is 2.78. The number of hydrogen-bond donors (Lipinski definition) is 3. The van der Waals surface area contributed by atoms with E-state index in [9.17, 15) is 19.5 Å². The van der Waals surface area contributed by atoms with Crippen molar-refractivity contribution in [3.8, 4) is 0 Å². The van der Waals surface area contributed by atoms with Crippen LogP contribution in [0.2, 0.25) is 5.02 Å². The highest BCUT2D eigenvalue weighted by atomic mass is 35.5. The van der Waals surface area contributed by atoms with Crippen LogP contribution in [-0.2, 0) is 19.1 Å². The van der Waals surface area contributed by atoms with Crippen LogP contribution in [0.3, 0.4) is 0 Å². The monoisotopic (exact) mass is 519 g/mol. The minimum Gasteiger partial charge on any atom is -0.396 e. The van der Waals surface area contributed by atoms with Gasteiger partial charge in [0.2, 0.25) is 17.7 Å². The van der Waals surface area contributed by atoms with Gasteiger partial charge in [-0.2, -0.15) is 0 Å². The van der Waals surface area contributed by atoms with E-state index in [-0.39, 0.29) is 24.3 Å². The molecule has 3 aliphatic heterocycles. The largest absolute Gasteiger partial charge is 0.396 e. The van der Waals surface area contributed by atoms with Crippen molar-refractivity contribution in [1.29, 1.82) is 0 Å². The molecule has 0 aliphatic carbocycles. The first kappa shape index (κ1) is 26.9. The first-order valence-electron chi connectivity index (χ1n) is 13.2. The van der Waals surface area contributed by atoms with E-state index in [0.717, 1.165) is 18.4 Å². The third-order valence-electron chi connectivity index (χ3n) is 8.29. The zero-order valence-corrected chi connectivity index (χ0v) is 22.2. The third kappa shape index (κ3) is 4.31. The third-order valence-corrected chi connectivity index (χ3v) is 8.60. The number of aryl methyl sites for hydroxylation is 1. The Kier molecular flexibility index (Phi) is 7.98. The van der Waals surface area contributed by atoms with Gasteiger partial charge in [0.05, 0.1) is 28.1 Å². The molecule has 3 heterocycles. The van der Waals surface area contributed by atoms with E-state index in [4.69, 9.17) is 16.3 Å². The maximum Gasteiger partial charge on any atom is 0.250 e. The summed E-state index contributed by atoms with van der Waals surface area (Å²) in [6.45, 7) is 6.82. The molecule has 2 unspecified atom stereocenters. The second kappa shape index (κ2) is 10.7. The fourth-order valence-corrected chi connectivity index (χ4v) is 6.84. The molecule has 1 spiro atoms. The summed E-state index contributed by atoms with van der Waals surface area (Å²) in [5, 5.41) is 15.6. The Labute approximate surface area is 218 Å². The summed E-state index contributed by atoms with van der Waals surface area (Å²) in [4.78, 5) is 43.0. The van der Waals surface area contributed by atoms with Gasteiger partial charge in [-0.1, -0.05) is 37.6 Å². The van der Waals surface area contributed by atoms with Crippen LogP contribution in [0.1, 0.15) is 64.4 Å². The fourth-order valence-electron chi connectivity index (χ4n) is 6.57. The maximum atomic E-state index is 14.0. The van der Waals surface area contributed by atoms with E-state index in [0.29, 0.717) is 55.9 Å². The molecular weight excluding hydrogens is 482 g/mol. The van der Waals surface area contributed by atoms with Gasteiger partial charge >= 0.3 is 0 Å². The summed E-state index contributed by atoms with van der Waals surface area (Å²) in [7, 11) is 0. The molecule has 1 aromatic carbocycles. The topological polar surface area (TPSA) is 108 Å². The Balaban J connectivity index is 1.71. The number of aliphatic hydroxyl groups is 1. The van der Waals surface area contributed by atoms with Crippen molar-refractivity contribution in [2.75, 3.05) is 25.0 Å². The molecule has 0 aromatic heterocycles. The average molecular weight is 520 g/mol. The van der Waals surface area contributed by atoms with Crippen molar-refractivity contribution in [3.05, 3.63) is 28.8 Å². The molecule has 5 atom stereocenters. The molecule has 3 fully saturated rings. The lowest BCUT2D eigenvalue weighted by atomic mass is 9.65. The first-order valence-corrected chi connectivity index (χ1v) is 13.6.